The highest BCUT2D eigenvalue weighted by Gasteiger charge is 2.28. The highest BCUT2D eigenvalue weighted by Crippen LogP contribution is 2.40. The number of aromatic carboxylic acids is 1. The SMILES string of the molecule is CCCCCCN(CCCC)c1cc(C(=O)O)cc(S(=O)(=O)Nc2ccccc2)c1Oc1ccccc1. The van der Waals surface area contributed by atoms with Gasteiger partial charge in [-0.25, -0.2) is 13.2 Å². The molecule has 0 atom stereocenters. The van der Waals surface area contributed by atoms with E-state index in [-0.39, 0.29) is 16.2 Å². The van der Waals surface area contributed by atoms with Crippen molar-refractivity contribution in [2.75, 3.05) is 22.7 Å². The van der Waals surface area contributed by atoms with Crippen molar-refractivity contribution in [1.29, 1.82) is 0 Å². The van der Waals surface area contributed by atoms with Gasteiger partial charge in [0.05, 0.1) is 11.3 Å². The number of para-hydroxylation sites is 2. The third kappa shape index (κ3) is 7.98. The number of nitrogens with one attached hydrogen (secondary N) is 1. The van der Waals surface area contributed by atoms with Crippen LogP contribution in [0.2, 0.25) is 0 Å². The van der Waals surface area contributed by atoms with E-state index >= 15 is 0 Å². The number of nitrogens with zero attached hydrogens (tertiary/aromatic N) is 1. The topological polar surface area (TPSA) is 95.9 Å². The molecular weight excluding hydrogens is 488 g/mol. The Morgan fingerprint density at radius 1 is 0.865 bits per heavy atom. The fraction of sp³-hybridized carbons (Fsp3) is 0.345. The van der Waals surface area contributed by atoms with E-state index in [0.29, 0.717) is 30.2 Å². The summed E-state index contributed by atoms with van der Waals surface area (Å²) >= 11 is 0. The van der Waals surface area contributed by atoms with Gasteiger partial charge in [0.15, 0.2) is 5.75 Å². The number of benzene rings is 3. The maximum absolute atomic E-state index is 13.7. The van der Waals surface area contributed by atoms with Crippen molar-refractivity contribution < 1.29 is 23.1 Å². The van der Waals surface area contributed by atoms with Gasteiger partial charge >= 0.3 is 5.97 Å². The molecule has 0 aliphatic carbocycles. The Hall–Kier alpha value is -3.52. The van der Waals surface area contributed by atoms with Crippen LogP contribution < -0.4 is 14.4 Å². The largest absolute Gasteiger partial charge is 0.478 e. The van der Waals surface area contributed by atoms with Crippen LogP contribution in [0.3, 0.4) is 0 Å². The lowest BCUT2D eigenvalue weighted by Crippen LogP contribution is -2.27. The van der Waals surface area contributed by atoms with Gasteiger partial charge < -0.3 is 14.7 Å². The third-order valence-electron chi connectivity index (χ3n) is 5.96. The zero-order valence-corrected chi connectivity index (χ0v) is 22.3. The van der Waals surface area contributed by atoms with Crippen LogP contribution in [-0.4, -0.2) is 32.6 Å². The fourth-order valence-electron chi connectivity index (χ4n) is 4.00. The molecule has 0 heterocycles. The summed E-state index contributed by atoms with van der Waals surface area (Å²) in [4.78, 5) is 14.0. The molecule has 3 rings (SSSR count). The smallest absolute Gasteiger partial charge is 0.335 e. The van der Waals surface area contributed by atoms with E-state index in [2.05, 4.69) is 23.5 Å². The number of unbranched alkanes of at least 4 members (excludes halogenated alkanes) is 4. The summed E-state index contributed by atoms with van der Waals surface area (Å²) < 4.78 is 36.2. The van der Waals surface area contributed by atoms with Gasteiger partial charge in [-0.15, -0.1) is 0 Å². The molecule has 0 aromatic heterocycles. The second-order valence-corrected chi connectivity index (χ2v) is 10.6. The number of anilines is 2. The molecule has 8 heteroatoms. The first-order chi connectivity index (χ1) is 17.9. The zero-order chi connectivity index (χ0) is 26.7. The molecule has 0 unspecified atom stereocenters. The van der Waals surface area contributed by atoms with Crippen LogP contribution in [0, 0.1) is 0 Å². The molecule has 0 bridgehead atoms. The Balaban J connectivity index is 2.18. The van der Waals surface area contributed by atoms with Crippen molar-refractivity contribution in [2.24, 2.45) is 0 Å². The van der Waals surface area contributed by atoms with Gasteiger partial charge in [-0.2, -0.15) is 0 Å². The van der Waals surface area contributed by atoms with Crippen LogP contribution in [0.1, 0.15) is 62.7 Å². The number of ether oxygens (including phenoxy) is 1. The molecule has 0 radical (unpaired) electrons. The minimum Gasteiger partial charge on any atom is -0.478 e. The first-order valence-corrected chi connectivity index (χ1v) is 14.3. The van der Waals surface area contributed by atoms with Crippen molar-refractivity contribution in [3.8, 4) is 11.5 Å². The number of carbonyl (C=O) groups is 1. The van der Waals surface area contributed by atoms with E-state index in [1.807, 2.05) is 6.07 Å². The van der Waals surface area contributed by atoms with Crippen molar-refractivity contribution in [1.82, 2.24) is 0 Å². The molecule has 0 saturated carbocycles. The number of carboxylic acids is 1. The summed E-state index contributed by atoms with van der Waals surface area (Å²) in [6.45, 7) is 5.56. The quantitative estimate of drug-likeness (QED) is 0.205. The number of sulfonamides is 1. The monoisotopic (exact) mass is 524 g/mol. The summed E-state index contributed by atoms with van der Waals surface area (Å²) in [7, 11) is -4.19. The zero-order valence-electron chi connectivity index (χ0n) is 21.5. The van der Waals surface area contributed by atoms with Gasteiger partial charge in [-0.1, -0.05) is 75.9 Å². The molecule has 0 aliphatic rings. The summed E-state index contributed by atoms with van der Waals surface area (Å²) in [6.07, 6.45) is 5.96. The lowest BCUT2D eigenvalue weighted by atomic mass is 10.1. The minimum atomic E-state index is -4.19. The van der Waals surface area contributed by atoms with E-state index in [1.165, 1.54) is 12.1 Å². The molecule has 2 N–H and O–H groups in total. The van der Waals surface area contributed by atoms with Crippen molar-refractivity contribution in [3.05, 3.63) is 78.4 Å². The van der Waals surface area contributed by atoms with Crippen LogP contribution in [-0.2, 0) is 10.0 Å². The Labute approximate surface area is 220 Å². The van der Waals surface area contributed by atoms with Gasteiger partial charge in [0.25, 0.3) is 10.0 Å². The van der Waals surface area contributed by atoms with Crippen LogP contribution in [0.4, 0.5) is 11.4 Å². The second kappa shape index (κ2) is 13.7. The predicted molar refractivity (Wildman–Crippen MR) is 148 cm³/mol. The van der Waals surface area contributed by atoms with Gasteiger partial charge in [0.1, 0.15) is 10.6 Å². The molecule has 7 nitrogen and oxygen atoms in total. The molecule has 3 aromatic rings. The van der Waals surface area contributed by atoms with Crippen LogP contribution in [0.5, 0.6) is 11.5 Å². The molecule has 0 saturated heterocycles. The van der Waals surface area contributed by atoms with Crippen LogP contribution >= 0.6 is 0 Å². The lowest BCUT2D eigenvalue weighted by molar-refractivity contribution is 0.0696. The van der Waals surface area contributed by atoms with E-state index in [9.17, 15) is 18.3 Å². The van der Waals surface area contributed by atoms with E-state index in [0.717, 1.165) is 38.5 Å². The molecule has 0 aliphatic heterocycles. The van der Waals surface area contributed by atoms with Crippen LogP contribution in [0.15, 0.2) is 77.7 Å². The van der Waals surface area contributed by atoms with Gasteiger partial charge in [0, 0.05) is 18.8 Å². The number of rotatable bonds is 15. The highest BCUT2D eigenvalue weighted by atomic mass is 32.2. The number of hydrogen-bond acceptors (Lipinski definition) is 5. The van der Waals surface area contributed by atoms with Crippen molar-refractivity contribution in [3.63, 3.8) is 0 Å². The van der Waals surface area contributed by atoms with Gasteiger partial charge in [0.2, 0.25) is 0 Å². The molecule has 0 fully saturated rings. The fourth-order valence-corrected chi connectivity index (χ4v) is 5.23. The molecule has 3 aromatic carbocycles. The van der Waals surface area contributed by atoms with Crippen molar-refractivity contribution >= 4 is 27.4 Å². The number of hydrogen-bond donors (Lipinski definition) is 2. The molecule has 0 spiro atoms. The minimum absolute atomic E-state index is 0.112. The first-order valence-electron chi connectivity index (χ1n) is 12.8. The Kier molecular flexibility index (Phi) is 10.4. The Bertz CT molecular complexity index is 1250. The summed E-state index contributed by atoms with van der Waals surface area (Å²) in [5.74, 6) is -0.624. The highest BCUT2D eigenvalue weighted by molar-refractivity contribution is 7.92. The predicted octanol–water partition coefficient (Wildman–Crippen LogP) is 7.16. The Morgan fingerprint density at radius 3 is 2.11 bits per heavy atom. The Morgan fingerprint density at radius 2 is 1.49 bits per heavy atom. The normalized spacial score (nSPS) is 11.2. The average Bonchev–Trinajstić information content (AvgIpc) is 2.89. The average molecular weight is 525 g/mol. The summed E-state index contributed by atoms with van der Waals surface area (Å²) in [6, 6.07) is 20.1. The lowest BCUT2D eigenvalue weighted by Gasteiger charge is -2.28. The van der Waals surface area contributed by atoms with E-state index in [1.54, 1.807) is 54.6 Å². The molecular formula is C29H36N2O5S. The van der Waals surface area contributed by atoms with E-state index < -0.39 is 16.0 Å². The van der Waals surface area contributed by atoms with Crippen molar-refractivity contribution in [2.45, 2.75) is 57.3 Å². The standard InChI is InChI=1S/C29H36N2O5S/c1-3-5-7-14-20-31(19-6-4-2)26-21-23(29(32)33)22-27(28(26)36-25-17-12-9-13-18-25)37(34,35)30-24-15-10-8-11-16-24/h8-13,15-18,21-22,30H,3-7,14,19-20H2,1-2H3,(H,32,33). The van der Waals surface area contributed by atoms with Gasteiger partial charge in [-0.05, 0) is 49.2 Å². The molecule has 198 valence electrons. The second-order valence-electron chi connectivity index (χ2n) is 8.92. The number of carboxylic acid groups (broad SMARTS) is 1. The van der Waals surface area contributed by atoms with Crippen LogP contribution in [0.25, 0.3) is 0 Å². The molecule has 0 amide bonds. The summed E-state index contributed by atoms with van der Waals surface area (Å²) in [5.41, 5.74) is 0.721. The molecule has 37 heavy (non-hydrogen) atoms. The van der Waals surface area contributed by atoms with Gasteiger partial charge in [-0.3, -0.25) is 4.72 Å². The maximum Gasteiger partial charge on any atom is 0.335 e. The third-order valence-corrected chi connectivity index (χ3v) is 7.35. The summed E-state index contributed by atoms with van der Waals surface area (Å²) in [5, 5.41) is 9.90. The first kappa shape index (κ1) is 28.1. The van der Waals surface area contributed by atoms with E-state index in [4.69, 9.17) is 4.74 Å². The maximum atomic E-state index is 13.7.